The van der Waals surface area contributed by atoms with E-state index in [-0.39, 0.29) is 55.4 Å². The number of esters is 3. The van der Waals surface area contributed by atoms with Crippen LogP contribution in [-0.4, -0.2) is 41.9 Å². The summed E-state index contributed by atoms with van der Waals surface area (Å²) >= 11 is 1.31. The number of aromatic nitrogens is 1. The zero-order chi connectivity index (χ0) is 21.4. The maximum absolute atomic E-state index is 12.3. The van der Waals surface area contributed by atoms with Gasteiger partial charge in [0.1, 0.15) is 12.3 Å². The Morgan fingerprint density at radius 3 is 2.31 bits per heavy atom. The van der Waals surface area contributed by atoms with Gasteiger partial charge < -0.3 is 19.2 Å². The molecule has 8 nitrogen and oxygen atoms in total. The van der Waals surface area contributed by atoms with Gasteiger partial charge in [-0.05, 0) is 37.8 Å². The first-order chi connectivity index (χ1) is 13.9. The van der Waals surface area contributed by atoms with Crippen LogP contribution in [0.3, 0.4) is 0 Å². The van der Waals surface area contributed by atoms with Crippen LogP contribution in [0.15, 0.2) is 17.5 Å². The summed E-state index contributed by atoms with van der Waals surface area (Å²) in [5.41, 5.74) is 0.842. The van der Waals surface area contributed by atoms with E-state index in [9.17, 15) is 19.2 Å². The Morgan fingerprint density at radius 1 is 1.00 bits per heavy atom. The number of carbonyl (C=O) groups is 4. The number of carbonyl (C=O) groups excluding carboxylic acids is 4. The summed E-state index contributed by atoms with van der Waals surface area (Å²) in [6.45, 7) is 4.98. The standard InChI is InChI=1S/C20H23NO7S/c1-4-26-19(24)17-12(3)18(20(25)27-5-2)21-13(17)11-28-16(23)9-8-14(22)15-7-6-10-29-15/h6-7,10,21H,4-5,8-9,11H2,1-3H3. The molecule has 0 aliphatic carbocycles. The number of Topliss-reactive ketones (excluding diaryl/α,β-unsaturated/α-hetero) is 1. The van der Waals surface area contributed by atoms with Crippen LogP contribution in [0.4, 0.5) is 0 Å². The lowest BCUT2D eigenvalue weighted by molar-refractivity contribution is -0.145. The van der Waals surface area contributed by atoms with Crippen molar-refractivity contribution in [3.8, 4) is 0 Å². The maximum Gasteiger partial charge on any atom is 0.355 e. The molecule has 0 aliphatic rings. The van der Waals surface area contributed by atoms with Gasteiger partial charge in [0.2, 0.25) is 0 Å². The van der Waals surface area contributed by atoms with Crippen LogP contribution in [-0.2, 0) is 25.6 Å². The quantitative estimate of drug-likeness (QED) is 0.355. The van der Waals surface area contributed by atoms with Crippen LogP contribution < -0.4 is 0 Å². The minimum absolute atomic E-state index is 0.0297. The third-order valence-corrected chi connectivity index (χ3v) is 4.93. The summed E-state index contributed by atoms with van der Waals surface area (Å²) in [5, 5.41) is 1.79. The lowest BCUT2D eigenvalue weighted by Gasteiger charge is -2.07. The number of thiophene rings is 1. The van der Waals surface area contributed by atoms with Crippen LogP contribution in [0, 0.1) is 6.92 Å². The molecule has 2 rings (SSSR count). The summed E-state index contributed by atoms with van der Waals surface area (Å²) in [5.74, 6) is -1.97. The molecule has 0 unspecified atom stereocenters. The SMILES string of the molecule is CCOC(=O)c1[nH]c(COC(=O)CCC(=O)c2cccs2)c(C(=O)OCC)c1C. The summed E-state index contributed by atoms with van der Waals surface area (Å²) in [7, 11) is 0. The molecule has 0 saturated heterocycles. The molecule has 29 heavy (non-hydrogen) atoms. The number of rotatable bonds is 10. The molecule has 0 fully saturated rings. The highest BCUT2D eigenvalue weighted by Gasteiger charge is 2.26. The van der Waals surface area contributed by atoms with Crippen molar-refractivity contribution in [1.82, 2.24) is 4.98 Å². The van der Waals surface area contributed by atoms with E-state index >= 15 is 0 Å². The number of ketones is 1. The number of nitrogens with one attached hydrogen (secondary N) is 1. The van der Waals surface area contributed by atoms with E-state index in [4.69, 9.17) is 14.2 Å². The van der Waals surface area contributed by atoms with Gasteiger partial charge in [-0.3, -0.25) is 9.59 Å². The summed E-state index contributed by atoms with van der Waals surface area (Å²) in [4.78, 5) is 51.8. The van der Waals surface area contributed by atoms with Gasteiger partial charge >= 0.3 is 17.9 Å². The molecule has 0 aromatic carbocycles. The number of aromatic amines is 1. The first-order valence-corrected chi connectivity index (χ1v) is 10.0. The zero-order valence-electron chi connectivity index (χ0n) is 16.5. The topological polar surface area (TPSA) is 112 Å². The molecule has 2 heterocycles. The minimum atomic E-state index is -0.629. The lowest BCUT2D eigenvalue weighted by atomic mass is 10.1. The fourth-order valence-corrected chi connectivity index (χ4v) is 3.35. The van der Waals surface area contributed by atoms with Gasteiger partial charge in [-0.15, -0.1) is 11.3 Å². The molecule has 9 heteroatoms. The fourth-order valence-electron chi connectivity index (χ4n) is 2.65. The summed E-state index contributed by atoms with van der Waals surface area (Å²) in [6, 6.07) is 3.46. The van der Waals surface area contributed by atoms with Crippen LogP contribution in [0.2, 0.25) is 0 Å². The Morgan fingerprint density at radius 2 is 1.69 bits per heavy atom. The van der Waals surface area contributed by atoms with Crippen LogP contribution >= 0.6 is 11.3 Å². The van der Waals surface area contributed by atoms with Crippen molar-refractivity contribution < 1.29 is 33.4 Å². The predicted octanol–water partition coefficient (Wildman–Crippen LogP) is 3.44. The largest absolute Gasteiger partial charge is 0.462 e. The number of H-pyrrole nitrogens is 1. The van der Waals surface area contributed by atoms with Gasteiger partial charge in [0.05, 0.1) is 35.8 Å². The molecule has 2 aromatic heterocycles. The Balaban J connectivity index is 2.06. The second kappa shape index (κ2) is 10.6. The van der Waals surface area contributed by atoms with Crippen molar-refractivity contribution in [2.24, 2.45) is 0 Å². The summed E-state index contributed by atoms with van der Waals surface area (Å²) < 4.78 is 15.2. The predicted molar refractivity (Wildman–Crippen MR) is 105 cm³/mol. The van der Waals surface area contributed by atoms with Crippen molar-refractivity contribution >= 4 is 35.0 Å². The van der Waals surface area contributed by atoms with Gasteiger partial charge in [0.25, 0.3) is 0 Å². The Bertz CT molecular complexity index is 883. The number of hydrogen-bond donors (Lipinski definition) is 1. The fraction of sp³-hybridized carbons (Fsp3) is 0.400. The maximum atomic E-state index is 12.3. The second-order valence-electron chi connectivity index (χ2n) is 5.98. The highest BCUT2D eigenvalue weighted by atomic mass is 32.1. The van der Waals surface area contributed by atoms with Crippen LogP contribution in [0.5, 0.6) is 0 Å². The molecule has 0 aliphatic heterocycles. The smallest absolute Gasteiger partial charge is 0.355 e. The zero-order valence-corrected chi connectivity index (χ0v) is 17.4. The van der Waals surface area contributed by atoms with Crippen molar-refractivity contribution in [3.63, 3.8) is 0 Å². The Kier molecular flexibility index (Phi) is 8.14. The number of ether oxygens (including phenoxy) is 3. The van der Waals surface area contributed by atoms with E-state index in [1.807, 2.05) is 0 Å². The number of hydrogen-bond acceptors (Lipinski definition) is 8. The molecule has 0 atom stereocenters. The van der Waals surface area contributed by atoms with Crippen molar-refractivity contribution in [1.29, 1.82) is 0 Å². The van der Waals surface area contributed by atoms with Crippen molar-refractivity contribution in [3.05, 3.63) is 44.9 Å². The first kappa shape index (κ1) is 22.4. The van der Waals surface area contributed by atoms with E-state index in [0.29, 0.717) is 10.4 Å². The normalized spacial score (nSPS) is 10.4. The Hall–Kier alpha value is -2.94. The third kappa shape index (κ3) is 5.77. The minimum Gasteiger partial charge on any atom is -0.462 e. The molecular weight excluding hydrogens is 398 g/mol. The molecule has 0 radical (unpaired) electrons. The van der Waals surface area contributed by atoms with Crippen molar-refractivity contribution in [2.75, 3.05) is 13.2 Å². The lowest BCUT2D eigenvalue weighted by Crippen LogP contribution is -2.12. The molecular formula is C20H23NO7S. The second-order valence-corrected chi connectivity index (χ2v) is 6.93. The average Bonchev–Trinajstić information content (AvgIpc) is 3.33. The molecule has 0 saturated carbocycles. The Labute approximate surface area is 172 Å². The van der Waals surface area contributed by atoms with Crippen molar-refractivity contribution in [2.45, 2.75) is 40.2 Å². The van der Waals surface area contributed by atoms with E-state index in [2.05, 4.69) is 4.98 Å². The molecule has 2 aromatic rings. The average molecular weight is 421 g/mol. The van der Waals surface area contributed by atoms with Gasteiger partial charge in [-0.2, -0.15) is 0 Å². The van der Waals surface area contributed by atoms with Gasteiger partial charge in [0.15, 0.2) is 5.78 Å². The van der Waals surface area contributed by atoms with Crippen LogP contribution in [0.1, 0.15) is 68.5 Å². The van der Waals surface area contributed by atoms with E-state index in [1.165, 1.54) is 11.3 Å². The highest BCUT2D eigenvalue weighted by Crippen LogP contribution is 2.22. The molecule has 156 valence electrons. The molecule has 0 bridgehead atoms. The van der Waals surface area contributed by atoms with E-state index in [0.717, 1.165) is 0 Å². The summed E-state index contributed by atoms with van der Waals surface area (Å²) in [6.07, 6.45) is -0.0577. The first-order valence-electron chi connectivity index (χ1n) is 9.16. The van der Waals surface area contributed by atoms with Gasteiger partial charge in [-0.1, -0.05) is 6.07 Å². The highest BCUT2D eigenvalue weighted by molar-refractivity contribution is 7.12. The molecule has 0 amide bonds. The van der Waals surface area contributed by atoms with Gasteiger partial charge in [-0.25, -0.2) is 9.59 Å². The van der Waals surface area contributed by atoms with E-state index < -0.39 is 17.9 Å². The molecule has 1 N–H and O–H groups in total. The monoisotopic (exact) mass is 421 g/mol. The van der Waals surface area contributed by atoms with E-state index in [1.54, 1.807) is 38.3 Å². The van der Waals surface area contributed by atoms with Gasteiger partial charge in [0, 0.05) is 6.42 Å². The molecule has 0 spiro atoms. The van der Waals surface area contributed by atoms with Crippen LogP contribution in [0.25, 0.3) is 0 Å². The third-order valence-electron chi connectivity index (χ3n) is 4.02.